The first-order valence-electron chi connectivity index (χ1n) is 6.28. The van der Waals surface area contributed by atoms with E-state index in [2.05, 4.69) is 36.1 Å². The van der Waals surface area contributed by atoms with Gasteiger partial charge in [0.1, 0.15) is 0 Å². The molecule has 2 heterocycles. The number of fused-ring (bicyclic) bond motifs is 1. The van der Waals surface area contributed by atoms with E-state index in [1.807, 2.05) is 23.6 Å². The number of H-pyrrole nitrogens is 1. The molecule has 0 aliphatic rings. The Bertz CT molecular complexity index is 808. The zero-order valence-electron chi connectivity index (χ0n) is 11.5. The first-order chi connectivity index (χ1) is 9.40. The van der Waals surface area contributed by atoms with Crippen LogP contribution < -0.4 is 11.1 Å². The molecular weight excluding hydrogens is 274 g/mol. The average Bonchev–Trinajstić information content (AvgIpc) is 2.91. The molecule has 0 saturated heterocycles. The quantitative estimate of drug-likeness (QED) is 0.758. The largest absolute Gasteiger partial charge is 0.417 e. The summed E-state index contributed by atoms with van der Waals surface area (Å²) < 4.78 is 5.07. The summed E-state index contributed by atoms with van der Waals surface area (Å²) in [6, 6.07) is 5.57. The predicted molar refractivity (Wildman–Crippen MR) is 81.3 cm³/mol. The van der Waals surface area contributed by atoms with Gasteiger partial charge in [-0.05, 0) is 32.9 Å². The number of thiazole rings is 1. The maximum absolute atomic E-state index is 11.2. The molecule has 2 aromatic heterocycles. The van der Waals surface area contributed by atoms with Crippen molar-refractivity contribution in [3.63, 3.8) is 0 Å². The molecule has 0 spiro atoms. The second-order valence-corrected chi connectivity index (χ2v) is 6.50. The minimum Gasteiger partial charge on any atom is -0.408 e. The number of aromatic amines is 1. The molecule has 0 aliphatic heterocycles. The van der Waals surface area contributed by atoms with Gasteiger partial charge < -0.3 is 9.73 Å². The maximum atomic E-state index is 11.2. The van der Waals surface area contributed by atoms with E-state index < -0.39 is 5.76 Å². The molecular formula is C14H15N3O2S. The summed E-state index contributed by atoms with van der Waals surface area (Å²) in [5, 5.41) is 6.20. The van der Waals surface area contributed by atoms with Gasteiger partial charge in [0.05, 0.1) is 11.2 Å². The van der Waals surface area contributed by atoms with E-state index in [1.54, 1.807) is 11.3 Å². The van der Waals surface area contributed by atoms with Crippen molar-refractivity contribution in [2.24, 2.45) is 0 Å². The number of benzene rings is 1. The second-order valence-electron chi connectivity index (χ2n) is 5.64. The third-order valence-electron chi connectivity index (χ3n) is 2.70. The minimum absolute atomic E-state index is 0.0213. The lowest BCUT2D eigenvalue weighted by Gasteiger charge is -2.19. The highest BCUT2D eigenvalue weighted by Gasteiger charge is 2.13. The normalized spacial score (nSPS) is 11.9. The van der Waals surface area contributed by atoms with Crippen molar-refractivity contribution in [3.8, 4) is 11.3 Å². The fourth-order valence-electron chi connectivity index (χ4n) is 1.89. The van der Waals surface area contributed by atoms with Gasteiger partial charge in [-0.1, -0.05) is 6.07 Å². The summed E-state index contributed by atoms with van der Waals surface area (Å²) in [6.07, 6.45) is 0. The lowest BCUT2D eigenvalue weighted by molar-refractivity contribution is 0.555. The first kappa shape index (κ1) is 12.9. The molecule has 0 aliphatic carbocycles. The van der Waals surface area contributed by atoms with Crippen LogP contribution in [0, 0.1) is 0 Å². The summed E-state index contributed by atoms with van der Waals surface area (Å²) in [7, 11) is 0. The van der Waals surface area contributed by atoms with E-state index in [4.69, 9.17) is 4.42 Å². The van der Waals surface area contributed by atoms with Gasteiger partial charge in [0.25, 0.3) is 0 Å². The molecule has 1 aromatic carbocycles. The van der Waals surface area contributed by atoms with E-state index in [9.17, 15) is 4.79 Å². The number of oxazole rings is 1. The van der Waals surface area contributed by atoms with Crippen LogP contribution in [0.5, 0.6) is 0 Å². The zero-order valence-corrected chi connectivity index (χ0v) is 12.3. The highest BCUT2D eigenvalue weighted by atomic mass is 32.1. The predicted octanol–water partition coefficient (Wildman–Crippen LogP) is 3.46. The molecule has 6 heteroatoms. The molecule has 104 valence electrons. The summed E-state index contributed by atoms with van der Waals surface area (Å²) in [5.41, 5.74) is 3.02. The Morgan fingerprint density at radius 2 is 2.15 bits per heavy atom. The van der Waals surface area contributed by atoms with Crippen LogP contribution in [0.1, 0.15) is 20.8 Å². The molecule has 0 fully saturated rings. The van der Waals surface area contributed by atoms with Gasteiger partial charge in [-0.2, -0.15) is 0 Å². The summed E-state index contributed by atoms with van der Waals surface area (Å²) in [5.74, 6) is -0.439. The van der Waals surface area contributed by atoms with Crippen LogP contribution in [-0.2, 0) is 0 Å². The minimum atomic E-state index is -0.439. The number of aromatic nitrogens is 2. The smallest absolute Gasteiger partial charge is 0.408 e. The Kier molecular flexibility index (Phi) is 2.90. The van der Waals surface area contributed by atoms with Crippen molar-refractivity contribution in [1.29, 1.82) is 0 Å². The van der Waals surface area contributed by atoms with Crippen LogP contribution in [0.4, 0.5) is 5.13 Å². The maximum Gasteiger partial charge on any atom is 0.417 e. The van der Waals surface area contributed by atoms with E-state index in [0.717, 1.165) is 16.4 Å². The molecule has 3 aromatic rings. The molecule has 20 heavy (non-hydrogen) atoms. The zero-order chi connectivity index (χ0) is 14.3. The monoisotopic (exact) mass is 289 g/mol. The molecule has 0 amide bonds. The Morgan fingerprint density at radius 3 is 2.90 bits per heavy atom. The number of hydrogen-bond donors (Lipinski definition) is 2. The molecule has 0 saturated carbocycles. The van der Waals surface area contributed by atoms with Gasteiger partial charge in [-0.25, -0.2) is 9.78 Å². The van der Waals surface area contributed by atoms with Gasteiger partial charge >= 0.3 is 5.76 Å². The van der Waals surface area contributed by atoms with Crippen LogP contribution >= 0.6 is 11.3 Å². The van der Waals surface area contributed by atoms with Crippen molar-refractivity contribution in [2.75, 3.05) is 5.32 Å². The van der Waals surface area contributed by atoms with Gasteiger partial charge in [0, 0.05) is 16.5 Å². The van der Waals surface area contributed by atoms with Gasteiger partial charge in [0.15, 0.2) is 10.7 Å². The summed E-state index contributed by atoms with van der Waals surface area (Å²) >= 11 is 1.56. The fourth-order valence-corrected chi connectivity index (χ4v) is 2.82. The number of nitrogens with zero attached hydrogens (tertiary/aromatic N) is 1. The van der Waals surface area contributed by atoms with Gasteiger partial charge in [-0.3, -0.25) is 4.98 Å². The van der Waals surface area contributed by atoms with Crippen molar-refractivity contribution < 1.29 is 4.42 Å². The van der Waals surface area contributed by atoms with Crippen LogP contribution in [-0.4, -0.2) is 15.5 Å². The SMILES string of the molecule is CC(C)(C)Nc1nc(-c2ccc3[nH]c(=O)oc3c2)cs1. The third-order valence-corrected chi connectivity index (χ3v) is 3.46. The van der Waals surface area contributed by atoms with Gasteiger partial charge in [-0.15, -0.1) is 11.3 Å². The van der Waals surface area contributed by atoms with E-state index in [-0.39, 0.29) is 5.54 Å². The Morgan fingerprint density at radius 1 is 1.35 bits per heavy atom. The number of anilines is 1. The molecule has 3 rings (SSSR count). The average molecular weight is 289 g/mol. The van der Waals surface area contributed by atoms with Crippen molar-refractivity contribution in [1.82, 2.24) is 9.97 Å². The fraction of sp³-hybridized carbons (Fsp3) is 0.286. The second kappa shape index (κ2) is 4.49. The highest BCUT2D eigenvalue weighted by molar-refractivity contribution is 7.14. The van der Waals surface area contributed by atoms with E-state index in [1.165, 1.54) is 0 Å². The van der Waals surface area contributed by atoms with Crippen LogP contribution in [0.15, 0.2) is 32.8 Å². The summed E-state index contributed by atoms with van der Waals surface area (Å²) in [6.45, 7) is 6.28. The van der Waals surface area contributed by atoms with Crippen molar-refractivity contribution in [3.05, 3.63) is 34.1 Å². The van der Waals surface area contributed by atoms with E-state index >= 15 is 0 Å². The summed E-state index contributed by atoms with van der Waals surface area (Å²) in [4.78, 5) is 18.3. The van der Waals surface area contributed by atoms with Gasteiger partial charge in [0.2, 0.25) is 0 Å². The van der Waals surface area contributed by atoms with E-state index in [0.29, 0.717) is 11.1 Å². The number of nitrogens with one attached hydrogen (secondary N) is 2. The third kappa shape index (κ3) is 2.60. The molecule has 5 nitrogen and oxygen atoms in total. The molecule has 0 bridgehead atoms. The lowest BCUT2D eigenvalue weighted by atomic mass is 10.1. The first-order valence-corrected chi connectivity index (χ1v) is 7.16. The lowest BCUT2D eigenvalue weighted by Crippen LogP contribution is -2.25. The highest BCUT2D eigenvalue weighted by Crippen LogP contribution is 2.28. The van der Waals surface area contributed by atoms with Crippen LogP contribution in [0.3, 0.4) is 0 Å². The molecule has 0 unspecified atom stereocenters. The Balaban J connectivity index is 1.96. The van der Waals surface area contributed by atoms with Crippen LogP contribution in [0.25, 0.3) is 22.4 Å². The topological polar surface area (TPSA) is 70.9 Å². The molecule has 2 N–H and O–H groups in total. The Labute approximate surface area is 119 Å². The number of hydrogen-bond acceptors (Lipinski definition) is 5. The Hall–Kier alpha value is -2.08. The molecule has 0 atom stereocenters. The molecule has 0 radical (unpaired) electrons. The standard InChI is InChI=1S/C14H15N3O2S/c1-14(2,3)17-12-15-10(7-20-12)8-4-5-9-11(6-8)19-13(18)16-9/h4-7H,1-3H3,(H,15,17)(H,16,18). The van der Waals surface area contributed by atoms with Crippen LogP contribution in [0.2, 0.25) is 0 Å². The van der Waals surface area contributed by atoms with Crippen molar-refractivity contribution >= 4 is 27.6 Å². The van der Waals surface area contributed by atoms with Crippen molar-refractivity contribution in [2.45, 2.75) is 26.3 Å². The number of rotatable bonds is 2.